The molecule has 0 saturated carbocycles. The van der Waals surface area contributed by atoms with Gasteiger partial charge in [-0.1, -0.05) is 6.07 Å². The maximum absolute atomic E-state index is 11.3. The minimum absolute atomic E-state index is 0.0515. The number of fused-ring (bicyclic) bond motifs is 1. The Kier molecular flexibility index (Phi) is 3.46. The van der Waals surface area contributed by atoms with Crippen LogP contribution in [0.2, 0.25) is 0 Å². The maximum Gasteiger partial charge on any atom is 0.248 e. The van der Waals surface area contributed by atoms with E-state index in [0.717, 1.165) is 29.9 Å². The van der Waals surface area contributed by atoms with Gasteiger partial charge in [0.05, 0.1) is 13.7 Å². The second-order valence-corrected chi connectivity index (χ2v) is 5.12. The first-order valence-electron chi connectivity index (χ1n) is 6.72. The Morgan fingerprint density at radius 3 is 3.05 bits per heavy atom. The maximum atomic E-state index is 11.3. The molecule has 104 valence electrons. The SMILES string of the molecule is COc1ccc2c(c1)OC[C@@H](Cc1cc[nH]c(=O)c1)C2. The van der Waals surface area contributed by atoms with E-state index >= 15 is 0 Å². The fraction of sp³-hybridized carbons (Fsp3) is 0.312. The van der Waals surface area contributed by atoms with Crippen molar-refractivity contribution in [2.45, 2.75) is 12.8 Å². The number of methoxy groups -OCH3 is 1. The Bertz CT molecular complexity index is 663. The van der Waals surface area contributed by atoms with Crippen molar-refractivity contribution in [2.75, 3.05) is 13.7 Å². The van der Waals surface area contributed by atoms with Gasteiger partial charge in [0.1, 0.15) is 11.5 Å². The molecule has 1 aromatic carbocycles. The number of pyridine rings is 1. The molecule has 20 heavy (non-hydrogen) atoms. The molecule has 2 heterocycles. The van der Waals surface area contributed by atoms with Gasteiger partial charge in [-0.3, -0.25) is 4.79 Å². The van der Waals surface area contributed by atoms with E-state index in [1.54, 1.807) is 19.4 Å². The quantitative estimate of drug-likeness (QED) is 0.931. The third-order valence-corrected chi connectivity index (χ3v) is 3.62. The van der Waals surface area contributed by atoms with E-state index in [9.17, 15) is 4.79 Å². The average Bonchev–Trinajstić information content (AvgIpc) is 2.47. The lowest BCUT2D eigenvalue weighted by Gasteiger charge is -2.25. The number of ether oxygens (including phenoxy) is 2. The van der Waals surface area contributed by atoms with Gasteiger partial charge in [0.2, 0.25) is 5.56 Å². The van der Waals surface area contributed by atoms with E-state index in [1.165, 1.54) is 5.56 Å². The number of aromatic nitrogens is 1. The zero-order valence-corrected chi connectivity index (χ0v) is 11.4. The molecule has 1 atom stereocenters. The molecule has 4 nitrogen and oxygen atoms in total. The summed E-state index contributed by atoms with van der Waals surface area (Å²) in [5.41, 5.74) is 2.20. The van der Waals surface area contributed by atoms with Crippen molar-refractivity contribution < 1.29 is 9.47 Å². The predicted molar refractivity (Wildman–Crippen MR) is 76.4 cm³/mol. The summed E-state index contributed by atoms with van der Waals surface area (Å²) in [4.78, 5) is 13.9. The summed E-state index contributed by atoms with van der Waals surface area (Å²) in [6.45, 7) is 0.674. The molecule has 0 spiro atoms. The Morgan fingerprint density at radius 2 is 2.25 bits per heavy atom. The molecule has 0 fully saturated rings. The number of hydrogen-bond donors (Lipinski definition) is 1. The molecule has 1 aliphatic rings. The largest absolute Gasteiger partial charge is 0.497 e. The second kappa shape index (κ2) is 5.41. The first kappa shape index (κ1) is 12.8. The fourth-order valence-electron chi connectivity index (χ4n) is 2.62. The molecular weight excluding hydrogens is 254 g/mol. The minimum Gasteiger partial charge on any atom is -0.497 e. The Labute approximate surface area is 117 Å². The molecule has 0 amide bonds. The lowest BCUT2D eigenvalue weighted by molar-refractivity contribution is 0.220. The van der Waals surface area contributed by atoms with Gasteiger partial charge in [0, 0.05) is 24.2 Å². The first-order chi connectivity index (χ1) is 9.74. The van der Waals surface area contributed by atoms with E-state index in [2.05, 4.69) is 11.1 Å². The second-order valence-electron chi connectivity index (χ2n) is 5.12. The first-order valence-corrected chi connectivity index (χ1v) is 6.72. The minimum atomic E-state index is -0.0515. The number of H-pyrrole nitrogens is 1. The van der Waals surface area contributed by atoms with Gasteiger partial charge in [-0.05, 0) is 36.1 Å². The summed E-state index contributed by atoms with van der Waals surface area (Å²) in [5, 5.41) is 0. The number of aromatic amines is 1. The summed E-state index contributed by atoms with van der Waals surface area (Å²) in [7, 11) is 1.65. The van der Waals surface area contributed by atoms with Crippen molar-refractivity contribution >= 4 is 0 Å². The molecule has 1 N–H and O–H groups in total. The van der Waals surface area contributed by atoms with Crippen molar-refractivity contribution in [2.24, 2.45) is 5.92 Å². The summed E-state index contributed by atoms with van der Waals surface area (Å²) in [6, 6.07) is 9.54. The lowest BCUT2D eigenvalue weighted by atomic mass is 9.91. The Hall–Kier alpha value is -2.23. The predicted octanol–water partition coefficient (Wildman–Crippen LogP) is 2.18. The molecule has 1 aromatic heterocycles. The highest BCUT2D eigenvalue weighted by Gasteiger charge is 2.20. The van der Waals surface area contributed by atoms with Gasteiger partial charge in [-0.25, -0.2) is 0 Å². The topological polar surface area (TPSA) is 51.3 Å². The van der Waals surface area contributed by atoms with E-state index in [-0.39, 0.29) is 5.56 Å². The molecule has 0 bridgehead atoms. The van der Waals surface area contributed by atoms with Crippen molar-refractivity contribution in [3.05, 3.63) is 58.0 Å². The zero-order valence-electron chi connectivity index (χ0n) is 11.4. The van der Waals surface area contributed by atoms with Crippen molar-refractivity contribution in [1.82, 2.24) is 4.98 Å². The molecule has 1 aliphatic heterocycles. The normalized spacial score (nSPS) is 17.1. The van der Waals surface area contributed by atoms with E-state index in [4.69, 9.17) is 9.47 Å². The number of hydrogen-bond acceptors (Lipinski definition) is 3. The van der Waals surface area contributed by atoms with Crippen LogP contribution in [0.25, 0.3) is 0 Å². The van der Waals surface area contributed by atoms with Crippen LogP contribution in [0, 0.1) is 5.92 Å². The van der Waals surface area contributed by atoms with Crippen LogP contribution >= 0.6 is 0 Å². The van der Waals surface area contributed by atoms with Gasteiger partial charge >= 0.3 is 0 Å². The van der Waals surface area contributed by atoms with Crippen LogP contribution < -0.4 is 15.0 Å². The highest BCUT2D eigenvalue weighted by Crippen LogP contribution is 2.31. The highest BCUT2D eigenvalue weighted by molar-refractivity contribution is 5.42. The zero-order chi connectivity index (χ0) is 13.9. The van der Waals surface area contributed by atoms with E-state index in [0.29, 0.717) is 12.5 Å². The number of nitrogens with one attached hydrogen (secondary N) is 1. The molecule has 0 radical (unpaired) electrons. The molecule has 2 aromatic rings. The smallest absolute Gasteiger partial charge is 0.248 e. The Morgan fingerprint density at radius 1 is 1.35 bits per heavy atom. The van der Waals surface area contributed by atoms with Gasteiger partial charge in [0.25, 0.3) is 0 Å². The van der Waals surface area contributed by atoms with Crippen LogP contribution in [0.1, 0.15) is 11.1 Å². The number of benzene rings is 1. The van der Waals surface area contributed by atoms with E-state index in [1.807, 2.05) is 18.2 Å². The summed E-state index contributed by atoms with van der Waals surface area (Å²) >= 11 is 0. The molecule has 3 rings (SSSR count). The van der Waals surface area contributed by atoms with Crippen LogP contribution in [0.4, 0.5) is 0 Å². The summed E-state index contributed by atoms with van der Waals surface area (Å²) < 4.78 is 11.0. The van der Waals surface area contributed by atoms with Crippen LogP contribution in [-0.2, 0) is 12.8 Å². The summed E-state index contributed by atoms with van der Waals surface area (Å²) in [6.07, 6.45) is 3.52. The molecular formula is C16H17NO3. The molecule has 4 heteroatoms. The third kappa shape index (κ3) is 2.69. The monoisotopic (exact) mass is 271 g/mol. The lowest BCUT2D eigenvalue weighted by Crippen LogP contribution is -2.23. The van der Waals surface area contributed by atoms with Crippen LogP contribution in [0.3, 0.4) is 0 Å². The average molecular weight is 271 g/mol. The van der Waals surface area contributed by atoms with Crippen molar-refractivity contribution in [3.63, 3.8) is 0 Å². The van der Waals surface area contributed by atoms with Gasteiger partial charge in [-0.2, -0.15) is 0 Å². The van der Waals surface area contributed by atoms with Gasteiger partial charge in [-0.15, -0.1) is 0 Å². The van der Waals surface area contributed by atoms with Crippen LogP contribution in [0.5, 0.6) is 11.5 Å². The standard InChI is InChI=1S/C16H17NO3/c1-19-14-3-2-13-7-12(10-20-15(13)9-14)6-11-4-5-17-16(18)8-11/h2-5,8-9,12H,6-7,10H2,1H3,(H,17,18)/t12-/m0/s1. The highest BCUT2D eigenvalue weighted by atomic mass is 16.5. The van der Waals surface area contributed by atoms with Crippen molar-refractivity contribution in [1.29, 1.82) is 0 Å². The summed E-state index contributed by atoms with van der Waals surface area (Å²) in [5.74, 6) is 2.13. The van der Waals surface area contributed by atoms with Crippen molar-refractivity contribution in [3.8, 4) is 11.5 Å². The Balaban J connectivity index is 1.74. The fourth-order valence-corrected chi connectivity index (χ4v) is 2.62. The molecule has 0 unspecified atom stereocenters. The third-order valence-electron chi connectivity index (χ3n) is 3.62. The molecule has 0 aliphatic carbocycles. The van der Waals surface area contributed by atoms with Crippen LogP contribution in [-0.4, -0.2) is 18.7 Å². The van der Waals surface area contributed by atoms with Crippen LogP contribution in [0.15, 0.2) is 41.3 Å². The van der Waals surface area contributed by atoms with Gasteiger partial charge in [0.15, 0.2) is 0 Å². The molecule has 0 saturated heterocycles. The number of rotatable bonds is 3. The van der Waals surface area contributed by atoms with E-state index < -0.39 is 0 Å². The van der Waals surface area contributed by atoms with Gasteiger partial charge < -0.3 is 14.5 Å².